The van der Waals surface area contributed by atoms with E-state index in [1.165, 1.54) is 19.3 Å². The molecule has 1 aliphatic heterocycles. The maximum Gasteiger partial charge on any atom is 0.227 e. The molecule has 7 heteroatoms. The van der Waals surface area contributed by atoms with Crippen molar-refractivity contribution in [3.63, 3.8) is 0 Å². The maximum absolute atomic E-state index is 12.0. The first-order valence-corrected chi connectivity index (χ1v) is 7.64. The van der Waals surface area contributed by atoms with Crippen LogP contribution >= 0.6 is 12.4 Å². The average Bonchev–Trinajstić information content (AvgIpc) is 2.77. The first-order chi connectivity index (χ1) is 9.72. The van der Waals surface area contributed by atoms with Gasteiger partial charge in [0.25, 0.3) is 0 Å². The van der Waals surface area contributed by atoms with Crippen LogP contribution in [0.4, 0.5) is 5.95 Å². The summed E-state index contributed by atoms with van der Waals surface area (Å²) < 4.78 is 1.69. The molecule has 1 aliphatic carbocycles. The molecule has 0 bridgehead atoms. The molecule has 2 heterocycles. The van der Waals surface area contributed by atoms with Crippen molar-refractivity contribution in [3.05, 3.63) is 5.82 Å². The molecule has 118 valence electrons. The van der Waals surface area contributed by atoms with Gasteiger partial charge in [-0.25, -0.2) is 4.68 Å². The van der Waals surface area contributed by atoms with Gasteiger partial charge >= 0.3 is 0 Å². The molecule has 1 saturated heterocycles. The summed E-state index contributed by atoms with van der Waals surface area (Å²) in [6.45, 7) is 2.04. The average molecular weight is 314 g/mol. The van der Waals surface area contributed by atoms with Gasteiger partial charge in [-0.2, -0.15) is 10.1 Å². The number of carbonyl (C=O) groups is 1. The van der Waals surface area contributed by atoms with Crippen LogP contribution in [0.5, 0.6) is 0 Å². The van der Waals surface area contributed by atoms with Crippen LogP contribution in [-0.4, -0.2) is 33.8 Å². The minimum atomic E-state index is 0. The Hall–Kier alpha value is -1.14. The van der Waals surface area contributed by atoms with Gasteiger partial charge in [0.05, 0.1) is 0 Å². The van der Waals surface area contributed by atoms with E-state index >= 15 is 0 Å². The fourth-order valence-corrected chi connectivity index (χ4v) is 2.90. The number of aryl methyl sites for hydroxylation is 1. The molecule has 2 aliphatic rings. The largest absolute Gasteiger partial charge is 0.317 e. The maximum atomic E-state index is 12.0. The third kappa shape index (κ3) is 3.95. The van der Waals surface area contributed by atoms with Crippen LogP contribution in [0.2, 0.25) is 0 Å². The Morgan fingerprint density at radius 3 is 2.67 bits per heavy atom. The van der Waals surface area contributed by atoms with Gasteiger partial charge in [0, 0.05) is 19.4 Å². The second kappa shape index (κ2) is 7.22. The van der Waals surface area contributed by atoms with E-state index in [0.717, 1.165) is 31.8 Å². The molecule has 1 aromatic heterocycles. The van der Waals surface area contributed by atoms with Crippen molar-refractivity contribution in [1.82, 2.24) is 20.1 Å². The highest BCUT2D eigenvalue weighted by Crippen LogP contribution is 2.29. The second-order valence-corrected chi connectivity index (χ2v) is 5.99. The number of hydrogen-bond donors (Lipinski definition) is 2. The molecule has 0 radical (unpaired) electrons. The third-order valence-corrected chi connectivity index (χ3v) is 4.43. The topological polar surface area (TPSA) is 71.8 Å². The Kier molecular flexibility index (Phi) is 5.58. The highest BCUT2D eigenvalue weighted by molar-refractivity contribution is 5.89. The molecule has 3 rings (SSSR count). The number of nitrogens with one attached hydrogen (secondary N) is 2. The molecule has 6 nitrogen and oxygen atoms in total. The van der Waals surface area contributed by atoms with Crippen molar-refractivity contribution in [2.24, 2.45) is 13.0 Å². The molecule has 0 atom stereocenters. The quantitative estimate of drug-likeness (QED) is 0.889. The van der Waals surface area contributed by atoms with Crippen molar-refractivity contribution < 1.29 is 4.79 Å². The van der Waals surface area contributed by atoms with E-state index in [-0.39, 0.29) is 18.3 Å². The lowest BCUT2D eigenvalue weighted by Crippen LogP contribution is -2.27. The number of anilines is 1. The van der Waals surface area contributed by atoms with Gasteiger partial charge < -0.3 is 5.32 Å². The molecule has 1 aromatic rings. The highest BCUT2D eigenvalue weighted by atomic mass is 35.5. The molecule has 21 heavy (non-hydrogen) atoms. The summed E-state index contributed by atoms with van der Waals surface area (Å²) in [4.78, 5) is 16.5. The molecule has 0 spiro atoms. The van der Waals surface area contributed by atoms with Gasteiger partial charge in [0.15, 0.2) is 5.82 Å². The zero-order valence-electron chi connectivity index (χ0n) is 12.5. The van der Waals surface area contributed by atoms with Crippen LogP contribution in [0.1, 0.15) is 50.3 Å². The van der Waals surface area contributed by atoms with E-state index < -0.39 is 0 Å². The van der Waals surface area contributed by atoms with Crippen molar-refractivity contribution in [2.45, 2.75) is 44.4 Å². The number of nitrogens with zero attached hydrogens (tertiary/aromatic N) is 3. The van der Waals surface area contributed by atoms with Crippen molar-refractivity contribution in [2.75, 3.05) is 18.4 Å². The van der Waals surface area contributed by atoms with Crippen LogP contribution in [0.25, 0.3) is 0 Å². The van der Waals surface area contributed by atoms with E-state index in [4.69, 9.17) is 0 Å². The molecule has 0 unspecified atom stereocenters. The third-order valence-electron chi connectivity index (χ3n) is 4.43. The highest BCUT2D eigenvalue weighted by Gasteiger charge is 2.23. The van der Waals surface area contributed by atoms with E-state index in [2.05, 4.69) is 20.7 Å². The summed E-state index contributed by atoms with van der Waals surface area (Å²) in [6.07, 6.45) is 6.40. The lowest BCUT2D eigenvalue weighted by Gasteiger charge is -2.24. The summed E-state index contributed by atoms with van der Waals surface area (Å²) >= 11 is 0. The first-order valence-electron chi connectivity index (χ1n) is 7.64. The van der Waals surface area contributed by atoms with Gasteiger partial charge in [0.1, 0.15) is 0 Å². The van der Waals surface area contributed by atoms with E-state index in [1.807, 2.05) is 7.05 Å². The number of aromatic nitrogens is 3. The van der Waals surface area contributed by atoms with Crippen molar-refractivity contribution in [1.29, 1.82) is 0 Å². The Bertz CT molecular complexity index is 480. The first kappa shape index (κ1) is 16.2. The SMILES string of the molecule is Cl.Cn1nc(C2CCNCC2)nc1NC(=O)CC1CCC1. The fraction of sp³-hybridized carbons (Fsp3) is 0.786. The van der Waals surface area contributed by atoms with E-state index in [1.54, 1.807) is 4.68 Å². The Morgan fingerprint density at radius 2 is 2.05 bits per heavy atom. The minimum Gasteiger partial charge on any atom is -0.317 e. The number of piperidine rings is 1. The van der Waals surface area contributed by atoms with Gasteiger partial charge in [-0.1, -0.05) is 6.42 Å². The summed E-state index contributed by atoms with van der Waals surface area (Å²) in [5.41, 5.74) is 0. The zero-order chi connectivity index (χ0) is 13.9. The number of amides is 1. The molecular formula is C14H24ClN5O. The van der Waals surface area contributed by atoms with Crippen LogP contribution in [-0.2, 0) is 11.8 Å². The van der Waals surface area contributed by atoms with Crippen molar-refractivity contribution in [3.8, 4) is 0 Å². The molecule has 2 fully saturated rings. The van der Waals surface area contributed by atoms with Gasteiger partial charge in [0.2, 0.25) is 11.9 Å². The predicted octanol–water partition coefficient (Wildman–Crippen LogP) is 1.83. The van der Waals surface area contributed by atoms with Crippen LogP contribution in [0.15, 0.2) is 0 Å². The number of carbonyl (C=O) groups excluding carboxylic acids is 1. The summed E-state index contributed by atoms with van der Waals surface area (Å²) in [5, 5.41) is 10.7. The summed E-state index contributed by atoms with van der Waals surface area (Å²) in [6, 6.07) is 0. The van der Waals surface area contributed by atoms with Crippen LogP contribution in [0.3, 0.4) is 0 Å². The van der Waals surface area contributed by atoms with Gasteiger partial charge in [-0.05, 0) is 44.7 Å². The Labute approximate surface area is 131 Å². The minimum absolute atomic E-state index is 0. The zero-order valence-corrected chi connectivity index (χ0v) is 13.3. The van der Waals surface area contributed by atoms with Crippen LogP contribution < -0.4 is 10.6 Å². The monoisotopic (exact) mass is 313 g/mol. The smallest absolute Gasteiger partial charge is 0.227 e. The standard InChI is InChI=1S/C14H23N5O.ClH/c1-19-14(16-12(20)9-10-3-2-4-10)17-13(18-19)11-5-7-15-8-6-11;/h10-11,15H,2-9H2,1H3,(H,16,17,18,20);1H. The normalized spacial score (nSPS) is 19.7. The lowest BCUT2D eigenvalue weighted by molar-refractivity contribution is -0.117. The summed E-state index contributed by atoms with van der Waals surface area (Å²) in [7, 11) is 1.84. The summed E-state index contributed by atoms with van der Waals surface area (Å²) in [5.74, 6) is 2.52. The molecule has 2 N–H and O–H groups in total. The van der Waals surface area contributed by atoms with Gasteiger partial charge in [-0.3, -0.25) is 10.1 Å². The number of hydrogen-bond acceptors (Lipinski definition) is 4. The molecular weight excluding hydrogens is 290 g/mol. The fourth-order valence-electron chi connectivity index (χ4n) is 2.90. The Balaban J connectivity index is 0.00000161. The molecule has 1 saturated carbocycles. The number of rotatable bonds is 4. The molecule has 1 amide bonds. The second-order valence-electron chi connectivity index (χ2n) is 5.99. The van der Waals surface area contributed by atoms with E-state index in [9.17, 15) is 4.79 Å². The molecule has 0 aromatic carbocycles. The van der Waals surface area contributed by atoms with Crippen molar-refractivity contribution >= 4 is 24.3 Å². The van der Waals surface area contributed by atoms with E-state index in [0.29, 0.717) is 24.2 Å². The lowest BCUT2D eigenvalue weighted by atomic mass is 9.83. The predicted molar refractivity (Wildman–Crippen MR) is 83.7 cm³/mol. The van der Waals surface area contributed by atoms with Crippen LogP contribution in [0, 0.1) is 5.92 Å². The van der Waals surface area contributed by atoms with Gasteiger partial charge in [-0.15, -0.1) is 12.4 Å². The number of halogens is 1. The Morgan fingerprint density at radius 1 is 1.33 bits per heavy atom.